The van der Waals surface area contributed by atoms with Crippen LogP contribution in [0.5, 0.6) is 0 Å². The molecule has 2 atom stereocenters. The van der Waals surface area contributed by atoms with Gasteiger partial charge in [-0.1, -0.05) is 12.1 Å². The van der Waals surface area contributed by atoms with E-state index in [0.29, 0.717) is 19.5 Å². The number of benzene rings is 1. The van der Waals surface area contributed by atoms with Gasteiger partial charge in [-0.05, 0) is 24.1 Å². The largest absolute Gasteiger partial charge is 0.392 e. The summed E-state index contributed by atoms with van der Waals surface area (Å²) in [5.41, 5.74) is 1.91. The third-order valence-corrected chi connectivity index (χ3v) is 3.54. The lowest BCUT2D eigenvalue weighted by atomic mass is 10.0. The molecular formula is C14H16FN3O. The lowest BCUT2D eigenvalue weighted by Crippen LogP contribution is -2.24. The van der Waals surface area contributed by atoms with Gasteiger partial charge in [0.15, 0.2) is 0 Å². The van der Waals surface area contributed by atoms with Crippen LogP contribution in [0.4, 0.5) is 4.39 Å². The Hall–Kier alpha value is -1.72. The molecule has 1 aromatic heterocycles. The van der Waals surface area contributed by atoms with E-state index in [9.17, 15) is 9.50 Å². The van der Waals surface area contributed by atoms with Crippen LogP contribution >= 0.6 is 0 Å². The van der Waals surface area contributed by atoms with E-state index in [0.717, 1.165) is 11.3 Å². The number of β-amino-alcohol motifs (C(OH)–C–C–N with tert-alkyl or cyclic N) is 1. The number of aromatic nitrogens is 2. The molecule has 1 aliphatic heterocycles. The lowest BCUT2D eigenvalue weighted by Gasteiger charge is -2.23. The molecule has 5 heteroatoms. The van der Waals surface area contributed by atoms with Gasteiger partial charge in [0.1, 0.15) is 5.82 Å². The van der Waals surface area contributed by atoms with Crippen LogP contribution < -0.4 is 0 Å². The second kappa shape index (κ2) is 5.11. The molecule has 0 amide bonds. The fraction of sp³-hybridized carbons (Fsp3) is 0.357. The van der Waals surface area contributed by atoms with Gasteiger partial charge < -0.3 is 10.1 Å². The summed E-state index contributed by atoms with van der Waals surface area (Å²) >= 11 is 0. The van der Waals surface area contributed by atoms with Crippen molar-refractivity contribution in [3.8, 4) is 0 Å². The summed E-state index contributed by atoms with van der Waals surface area (Å²) in [6.45, 7) is 1.28. The van der Waals surface area contributed by atoms with Crippen LogP contribution in [-0.2, 0) is 6.54 Å². The minimum Gasteiger partial charge on any atom is -0.392 e. The number of nitrogens with one attached hydrogen (secondary N) is 1. The van der Waals surface area contributed by atoms with Gasteiger partial charge >= 0.3 is 0 Å². The molecule has 1 aromatic carbocycles. The molecule has 2 aromatic rings. The second-order valence-corrected chi connectivity index (χ2v) is 4.97. The number of imidazole rings is 1. The molecule has 0 saturated carbocycles. The third-order valence-electron chi connectivity index (χ3n) is 3.54. The van der Waals surface area contributed by atoms with Crippen LogP contribution in [0.3, 0.4) is 0 Å². The van der Waals surface area contributed by atoms with Crippen LogP contribution in [0.1, 0.15) is 23.7 Å². The number of halogens is 1. The zero-order chi connectivity index (χ0) is 13.2. The quantitative estimate of drug-likeness (QED) is 0.886. The Morgan fingerprint density at radius 1 is 1.47 bits per heavy atom. The number of H-pyrrole nitrogens is 1. The summed E-state index contributed by atoms with van der Waals surface area (Å²) in [5, 5.41) is 9.87. The number of aliphatic hydroxyl groups is 1. The average molecular weight is 261 g/mol. The van der Waals surface area contributed by atoms with E-state index < -0.39 is 0 Å². The van der Waals surface area contributed by atoms with Crippen molar-refractivity contribution in [2.75, 3.05) is 6.54 Å². The number of hydrogen-bond donors (Lipinski definition) is 2. The second-order valence-electron chi connectivity index (χ2n) is 4.97. The molecule has 1 fully saturated rings. The molecule has 0 spiro atoms. The molecule has 2 heterocycles. The van der Waals surface area contributed by atoms with E-state index in [4.69, 9.17) is 0 Å². The maximum Gasteiger partial charge on any atom is 0.123 e. The molecule has 0 bridgehead atoms. The zero-order valence-corrected chi connectivity index (χ0v) is 10.5. The van der Waals surface area contributed by atoms with E-state index in [1.165, 1.54) is 6.07 Å². The lowest BCUT2D eigenvalue weighted by molar-refractivity contribution is 0.172. The highest BCUT2D eigenvalue weighted by atomic mass is 19.1. The molecule has 2 N–H and O–H groups in total. The Kier molecular flexibility index (Phi) is 3.31. The maximum absolute atomic E-state index is 13.3. The molecule has 0 unspecified atom stereocenters. The Labute approximate surface area is 110 Å². The van der Waals surface area contributed by atoms with Crippen molar-refractivity contribution in [1.29, 1.82) is 0 Å². The van der Waals surface area contributed by atoms with Gasteiger partial charge in [0.2, 0.25) is 0 Å². The van der Waals surface area contributed by atoms with Gasteiger partial charge in [0.05, 0.1) is 12.4 Å². The summed E-state index contributed by atoms with van der Waals surface area (Å²) in [7, 11) is 0. The number of aliphatic hydroxyl groups excluding tert-OH is 1. The predicted octanol–water partition coefficient (Wildman–Crippen LogP) is 1.86. The molecule has 1 saturated heterocycles. The summed E-state index contributed by atoms with van der Waals surface area (Å²) in [4.78, 5) is 9.19. The van der Waals surface area contributed by atoms with Gasteiger partial charge in [-0.15, -0.1) is 0 Å². The SMILES string of the molecule is O[C@H]1C[C@@H](c2cccc(F)c2)N(Cc2cnc[nH]2)C1. The Morgan fingerprint density at radius 2 is 2.37 bits per heavy atom. The standard InChI is InChI=1S/C14H16FN3O/c15-11-3-1-2-10(4-11)14-5-13(19)8-18(14)7-12-6-16-9-17-12/h1-4,6,9,13-14,19H,5,7-8H2,(H,16,17)/t13-,14-/m0/s1. The molecule has 3 rings (SSSR count). The van der Waals surface area contributed by atoms with E-state index in [1.807, 2.05) is 6.07 Å². The smallest absolute Gasteiger partial charge is 0.123 e. The normalized spacial score (nSPS) is 23.9. The number of likely N-dealkylation sites (tertiary alicyclic amines) is 1. The highest BCUT2D eigenvalue weighted by molar-refractivity contribution is 5.22. The monoisotopic (exact) mass is 261 g/mol. The molecule has 100 valence electrons. The summed E-state index contributed by atoms with van der Waals surface area (Å²) in [6, 6.07) is 6.65. The van der Waals surface area contributed by atoms with Crippen molar-refractivity contribution in [2.24, 2.45) is 0 Å². The maximum atomic E-state index is 13.3. The van der Waals surface area contributed by atoms with Crippen molar-refractivity contribution >= 4 is 0 Å². The van der Waals surface area contributed by atoms with Crippen LogP contribution in [0.25, 0.3) is 0 Å². The van der Waals surface area contributed by atoms with Crippen LogP contribution in [0.15, 0.2) is 36.8 Å². The van der Waals surface area contributed by atoms with Crippen LogP contribution in [0, 0.1) is 5.82 Å². The average Bonchev–Trinajstić information content (AvgIpc) is 3.00. The molecule has 0 aliphatic carbocycles. The fourth-order valence-electron chi connectivity index (χ4n) is 2.70. The van der Waals surface area contributed by atoms with E-state index in [1.54, 1.807) is 24.7 Å². The summed E-state index contributed by atoms with van der Waals surface area (Å²) in [5.74, 6) is -0.236. The van der Waals surface area contributed by atoms with Gasteiger partial charge in [-0.2, -0.15) is 0 Å². The molecule has 1 aliphatic rings. The predicted molar refractivity (Wildman–Crippen MR) is 68.8 cm³/mol. The van der Waals surface area contributed by atoms with E-state index >= 15 is 0 Å². The third kappa shape index (κ3) is 2.67. The first-order valence-corrected chi connectivity index (χ1v) is 6.37. The fourth-order valence-corrected chi connectivity index (χ4v) is 2.70. The minimum atomic E-state index is -0.365. The van der Waals surface area contributed by atoms with Crippen molar-refractivity contribution in [3.63, 3.8) is 0 Å². The van der Waals surface area contributed by atoms with Gasteiger partial charge in [0, 0.05) is 31.0 Å². The van der Waals surface area contributed by atoms with E-state index in [2.05, 4.69) is 14.9 Å². The number of hydrogen-bond acceptors (Lipinski definition) is 3. The Bertz CT molecular complexity index is 543. The molecule has 19 heavy (non-hydrogen) atoms. The molecular weight excluding hydrogens is 245 g/mol. The van der Waals surface area contributed by atoms with Gasteiger partial charge in [-0.3, -0.25) is 4.90 Å². The zero-order valence-electron chi connectivity index (χ0n) is 10.5. The van der Waals surface area contributed by atoms with Gasteiger partial charge in [-0.25, -0.2) is 9.37 Å². The van der Waals surface area contributed by atoms with Crippen molar-refractivity contribution in [2.45, 2.75) is 25.1 Å². The highest BCUT2D eigenvalue weighted by Gasteiger charge is 2.32. The first-order chi connectivity index (χ1) is 9.22. The van der Waals surface area contributed by atoms with Gasteiger partial charge in [0.25, 0.3) is 0 Å². The van der Waals surface area contributed by atoms with Crippen LogP contribution in [-0.4, -0.2) is 32.6 Å². The first kappa shape index (κ1) is 12.3. The Morgan fingerprint density at radius 3 is 3.11 bits per heavy atom. The number of rotatable bonds is 3. The van der Waals surface area contributed by atoms with E-state index in [-0.39, 0.29) is 18.0 Å². The summed E-state index contributed by atoms with van der Waals surface area (Å²) < 4.78 is 13.3. The number of aromatic amines is 1. The topological polar surface area (TPSA) is 52.1 Å². The molecule has 4 nitrogen and oxygen atoms in total. The van der Waals surface area contributed by atoms with Crippen molar-refractivity contribution < 1.29 is 9.50 Å². The molecule has 0 radical (unpaired) electrons. The first-order valence-electron chi connectivity index (χ1n) is 6.37. The number of nitrogens with zero attached hydrogens (tertiary/aromatic N) is 2. The summed E-state index contributed by atoms with van der Waals surface area (Å²) in [6.07, 6.45) is 3.68. The van der Waals surface area contributed by atoms with Crippen molar-refractivity contribution in [1.82, 2.24) is 14.9 Å². The van der Waals surface area contributed by atoms with Crippen molar-refractivity contribution in [3.05, 3.63) is 53.9 Å². The van der Waals surface area contributed by atoms with Crippen LogP contribution in [0.2, 0.25) is 0 Å². The minimum absolute atomic E-state index is 0.0500. The Balaban J connectivity index is 1.82. The highest BCUT2D eigenvalue weighted by Crippen LogP contribution is 2.33.